The van der Waals surface area contributed by atoms with Crippen LogP contribution < -0.4 is 24.3 Å². The second-order valence-corrected chi connectivity index (χ2v) is 8.20. The summed E-state index contributed by atoms with van der Waals surface area (Å²) in [6.07, 6.45) is 0.199. The summed E-state index contributed by atoms with van der Waals surface area (Å²) in [5, 5.41) is 3.55. The fraction of sp³-hybridized carbons (Fsp3) is 0.222. The SMILES string of the molecule is CCOc1ccccc1C(C)OC(=O)Nc1ccc(Oc2ncnc3cc(OC)c(OC)cc23)cc1Cl. The van der Waals surface area contributed by atoms with Crippen molar-refractivity contribution in [3.63, 3.8) is 0 Å². The molecule has 0 radical (unpaired) electrons. The Hall–Kier alpha value is -4.24. The Morgan fingerprint density at radius 3 is 2.49 bits per heavy atom. The summed E-state index contributed by atoms with van der Waals surface area (Å²) in [5.74, 6) is 2.45. The number of nitrogens with one attached hydrogen (secondary N) is 1. The van der Waals surface area contributed by atoms with Crippen LogP contribution in [-0.2, 0) is 4.74 Å². The number of methoxy groups -OCH3 is 2. The highest BCUT2D eigenvalue weighted by atomic mass is 35.5. The number of carbonyl (C=O) groups is 1. The first kappa shape index (κ1) is 25.8. The molecule has 4 rings (SSSR count). The average Bonchev–Trinajstić information content (AvgIpc) is 2.90. The number of fused-ring (bicyclic) bond motifs is 1. The lowest BCUT2D eigenvalue weighted by Crippen LogP contribution is -2.16. The Labute approximate surface area is 219 Å². The first-order valence-electron chi connectivity index (χ1n) is 11.5. The fourth-order valence-corrected chi connectivity index (χ4v) is 3.90. The molecule has 1 aromatic heterocycles. The van der Waals surface area contributed by atoms with Gasteiger partial charge >= 0.3 is 6.09 Å². The molecule has 1 atom stereocenters. The molecule has 0 saturated heterocycles. The number of benzene rings is 3. The lowest BCUT2D eigenvalue weighted by atomic mass is 10.1. The summed E-state index contributed by atoms with van der Waals surface area (Å²) in [6.45, 7) is 4.17. The minimum absolute atomic E-state index is 0.259. The van der Waals surface area contributed by atoms with Gasteiger partial charge in [0.25, 0.3) is 0 Å². The van der Waals surface area contributed by atoms with Gasteiger partial charge in [-0.05, 0) is 38.1 Å². The van der Waals surface area contributed by atoms with Crippen LogP contribution in [0.4, 0.5) is 10.5 Å². The van der Waals surface area contributed by atoms with Crippen molar-refractivity contribution in [2.75, 3.05) is 26.1 Å². The van der Waals surface area contributed by atoms with Crippen LogP contribution in [0.2, 0.25) is 5.02 Å². The van der Waals surface area contributed by atoms with Crippen molar-refractivity contribution in [1.82, 2.24) is 9.97 Å². The van der Waals surface area contributed by atoms with E-state index in [-0.39, 0.29) is 5.02 Å². The molecule has 0 aliphatic rings. The highest BCUT2D eigenvalue weighted by molar-refractivity contribution is 6.33. The molecule has 37 heavy (non-hydrogen) atoms. The molecular formula is C27H26ClN3O6. The van der Waals surface area contributed by atoms with E-state index < -0.39 is 12.2 Å². The van der Waals surface area contributed by atoms with Crippen molar-refractivity contribution < 1.29 is 28.5 Å². The van der Waals surface area contributed by atoms with Crippen LogP contribution >= 0.6 is 11.6 Å². The molecule has 192 valence electrons. The zero-order valence-corrected chi connectivity index (χ0v) is 21.5. The van der Waals surface area contributed by atoms with Crippen molar-refractivity contribution in [2.24, 2.45) is 0 Å². The Bertz CT molecular complexity index is 1410. The van der Waals surface area contributed by atoms with Gasteiger partial charge in [-0.2, -0.15) is 0 Å². The molecule has 1 unspecified atom stereocenters. The van der Waals surface area contributed by atoms with E-state index in [0.29, 0.717) is 52.1 Å². The number of rotatable bonds is 9. The summed E-state index contributed by atoms with van der Waals surface area (Å²) in [6, 6.07) is 15.7. The number of para-hydroxylation sites is 1. The number of anilines is 1. The number of halogens is 1. The zero-order chi connectivity index (χ0) is 26.4. The Kier molecular flexibility index (Phi) is 8.15. The zero-order valence-electron chi connectivity index (χ0n) is 20.8. The number of amides is 1. The molecule has 0 spiro atoms. The Balaban J connectivity index is 1.47. The molecular weight excluding hydrogens is 498 g/mol. The summed E-state index contributed by atoms with van der Waals surface area (Å²) in [7, 11) is 3.10. The predicted octanol–water partition coefficient (Wildman–Crippen LogP) is 6.80. The predicted molar refractivity (Wildman–Crippen MR) is 140 cm³/mol. The van der Waals surface area contributed by atoms with E-state index in [4.69, 9.17) is 35.3 Å². The molecule has 1 amide bonds. The van der Waals surface area contributed by atoms with Crippen molar-refractivity contribution in [1.29, 1.82) is 0 Å². The van der Waals surface area contributed by atoms with Gasteiger partial charge < -0.3 is 23.7 Å². The molecule has 0 fully saturated rings. The third kappa shape index (κ3) is 5.95. The van der Waals surface area contributed by atoms with Gasteiger partial charge in [0.2, 0.25) is 5.88 Å². The van der Waals surface area contributed by atoms with E-state index >= 15 is 0 Å². The standard InChI is InChI=1S/C27H26ClN3O6/c1-5-35-23-9-7-6-8-18(23)16(2)36-27(32)31-21-11-10-17(12-20(21)28)37-26-19-13-24(33-3)25(34-4)14-22(19)29-15-30-26/h6-16H,5H2,1-4H3,(H,31,32). The monoisotopic (exact) mass is 523 g/mol. The quantitative estimate of drug-likeness (QED) is 0.255. The van der Waals surface area contributed by atoms with E-state index in [1.807, 2.05) is 31.2 Å². The summed E-state index contributed by atoms with van der Waals surface area (Å²) in [4.78, 5) is 21.1. The maximum Gasteiger partial charge on any atom is 0.412 e. The maximum atomic E-state index is 12.5. The molecule has 0 aliphatic heterocycles. The van der Waals surface area contributed by atoms with E-state index in [0.717, 1.165) is 5.56 Å². The molecule has 4 aromatic rings. The van der Waals surface area contributed by atoms with Gasteiger partial charge in [-0.25, -0.2) is 14.8 Å². The second-order valence-electron chi connectivity index (χ2n) is 7.79. The van der Waals surface area contributed by atoms with Gasteiger partial charge in [-0.3, -0.25) is 5.32 Å². The number of aromatic nitrogens is 2. The topological polar surface area (TPSA) is 101 Å². The van der Waals surface area contributed by atoms with Gasteiger partial charge in [-0.1, -0.05) is 29.8 Å². The Morgan fingerprint density at radius 2 is 1.76 bits per heavy atom. The van der Waals surface area contributed by atoms with Crippen LogP contribution in [0.25, 0.3) is 10.9 Å². The summed E-state index contributed by atoms with van der Waals surface area (Å²) < 4.78 is 27.8. The lowest BCUT2D eigenvalue weighted by molar-refractivity contribution is 0.119. The molecule has 1 heterocycles. The van der Waals surface area contributed by atoms with E-state index in [1.165, 1.54) is 6.33 Å². The van der Waals surface area contributed by atoms with Crippen LogP contribution in [0.1, 0.15) is 25.5 Å². The number of carbonyl (C=O) groups excluding carboxylic acids is 1. The normalized spacial score (nSPS) is 11.5. The van der Waals surface area contributed by atoms with Gasteiger partial charge in [-0.15, -0.1) is 0 Å². The summed E-state index contributed by atoms with van der Waals surface area (Å²) in [5.41, 5.74) is 1.75. The molecule has 10 heteroatoms. The number of hydrogen-bond acceptors (Lipinski definition) is 8. The second kappa shape index (κ2) is 11.7. The molecule has 0 aliphatic carbocycles. The van der Waals surface area contributed by atoms with Crippen molar-refractivity contribution in [3.05, 3.63) is 71.5 Å². The first-order chi connectivity index (χ1) is 17.9. The lowest BCUT2D eigenvalue weighted by Gasteiger charge is -2.18. The molecule has 1 N–H and O–H groups in total. The largest absolute Gasteiger partial charge is 0.493 e. The minimum Gasteiger partial charge on any atom is -0.493 e. The summed E-state index contributed by atoms with van der Waals surface area (Å²) >= 11 is 6.43. The highest BCUT2D eigenvalue weighted by Gasteiger charge is 2.18. The van der Waals surface area contributed by atoms with Crippen LogP contribution in [0.3, 0.4) is 0 Å². The van der Waals surface area contributed by atoms with E-state index in [2.05, 4.69) is 15.3 Å². The molecule has 3 aromatic carbocycles. The molecule has 9 nitrogen and oxygen atoms in total. The van der Waals surface area contributed by atoms with Crippen molar-refractivity contribution in [3.8, 4) is 28.9 Å². The Morgan fingerprint density at radius 1 is 1.00 bits per heavy atom. The van der Waals surface area contributed by atoms with Gasteiger partial charge in [0.15, 0.2) is 11.5 Å². The fourth-order valence-electron chi connectivity index (χ4n) is 3.68. The highest BCUT2D eigenvalue weighted by Crippen LogP contribution is 2.37. The third-order valence-corrected chi connectivity index (χ3v) is 5.75. The third-order valence-electron chi connectivity index (χ3n) is 5.44. The van der Waals surface area contributed by atoms with Crippen LogP contribution in [0.15, 0.2) is 60.9 Å². The average molecular weight is 524 g/mol. The molecule has 0 saturated carbocycles. The van der Waals surface area contributed by atoms with Gasteiger partial charge in [0, 0.05) is 17.7 Å². The van der Waals surface area contributed by atoms with Gasteiger partial charge in [0.05, 0.1) is 42.4 Å². The van der Waals surface area contributed by atoms with Crippen molar-refractivity contribution in [2.45, 2.75) is 20.0 Å². The van der Waals surface area contributed by atoms with Crippen LogP contribution in [0.5, 0.6) is 28.9 Å². The first-order valence-corrected chi connectivity index (χ1v) is 11.8. The number of hydrogen-bond donors (Lipinski definition) is 1. The maximum absolute atomic E-state index is 12.5. The van der Waals surface area contributed by atoms with Gasteiger partial charge in [0.1, 0.15) is 23.9 Å². The molecule has 0 bridgehead atoms. The van der Waals surface area contributed by atoms with Crippen LogP contribution in [0, 0.1) is 0 Å². The number of nitrogens with zero attached hydrogens (tertiary/aromatic N) is 2. The van der Waals surface area contributed by atoms with Crippen molar-refractivity contribution >= 4 is 34.3 Å². The van der Waals surface area contributed by atoms with E-state index in [9.17, 15) is 4.79 Å². The van der Waals surface area contributed by atoms with Crippen LogP contribution in [-0.4, -0.2) is 36.9 Å². The smallest absolute Gasteiger partial charge is 0.412 e. The van der Waals surface area contributed by atoms with E-state index in [1.54, 1.807) is 51.5 Å². The number of ether oxygens (including phenoxy) is 5. The minimum atomic E-state index is -0.655.